The third-order valence-corrected chi connectivity index (χ3v) is 5.80. The molecule has 1 N–H and O–H groups in total. The minimum absolute atomic E-state index is 0.0442. The van der Waals surface area contributed by atoms with Gasteiger partial charge in [-0.2, -0.15) is 0 Å². The van der Waals surface area contributed by atoms with E-state index in [0.29, 0.717) is 13.1 Å². The fraction of sp³-hybridized carbons (Fsp3) is 0.500. The summed E-state index contributed by atoms with van der Waals surface area (Å²) in [5.74, 6) is 2.75. The molecule has 0 aliphatic carbocycles. The molecule has 1 aromatic heterocycles. The molecule has 0 unspecified atom stereocenters. The van der Waals surface area contributed by atoms with Crippen LogP contribution in [0.15, 0.2) is 30.3 Å². The molecule has 2 amide bonds. The van der Waals surface area contributed by atoms with Gasteiger partial charge in [0.25, 0.3) is 0 Å². The molecule has 2 saturated heterocycles. The zero-order valence-corrected chi connectivity index (χ0v) is 18.1. The number of anilines is 3. The topological polar surface area (TPSA) is 67.8 Å². The van der Waals surface area contributed by atoms with Crippen LogP contribution in [-0.2, 0) is 0 Å². The van der Waals surface area contributed by atoms with Gasteiger partial charge in [0.2, 0.25) is 0 Å². The van der Waals surface area contributed by atoms with E-state index in [0.717, 1.165) is 68.0 Å². The van der Waals surface area contributed by atoms with Crippen molar-refractivity contribution < 1.29 is 4.79 Å². The molecule has 0 bridgehead atoms. The Labute approximate surface area is 178 Å². The van der Waals surface area contributed by atoms with Gasteiger partial charge in [0.05, 0.1) is 0 Å². The Morgan fingerprint density at radius 2 is 1.47 bits per heavy atom. The Balaban J connectivity index is 1.37. The number of carbonyl (C=O) groups is 1. The molecular formula is C22H31N7O. The van der Waals surface area contributed by atoms with E-state index in [4.69, 9.17) is 0 Å². The van der Waals surface area contributed by atoms with Crippen LogP contribution >= 0.6 is 0 Å². The highest BCUT2D eigenvalue weighted by Gasteiger charge is 2.24. The summed E-state index contributed by atoms with van der Waals surface area (Å²) in [4.78, 5) is 30.8. The highest BCUT2D eigenvalue weighted by atomic mass is 16.2. The fourth-order valence-electron chi connectivity index (χ4n) is 3.96. The maximum Gasteiger partial charge on any atom is 0.321 e. The van der Waals surface area contributed by atoms with E-state index in [-0.39, 0.29) is 6.03 Å². The van der Waals surface area contributed by atoms with Crippen molar-refractivity contribution in [2.45, 2.75) is 13.8 Å². The average Bonchev–Trinajstić information content (AvgIpc) is 2.74. The second-order valence-corrected chi connectivity index (χ2v) is 8.20. The summed E-state index contributed by atoms with van der Waals surface area (Å²) < 4.78 is 0. The Morgan fingerprint density at radius 1 is 0.867 bits per heavy atom. The summed E-state index contributed by atoms with van der Waals surface area (Å²) in [6, 6.07) is 9.94. The molecule has 0 saturated carbocycles. The minimum Gasteiger partial charge on any atom is -0.354 e. The van der Waals surface area contributed by atoms with Gasteiger partial charge in [-0.15, -0.1) is 0 Å². The van der Waals surface area contributed by atoms with Crippen molar-refractivity contribution in [1.29, 1.82) is 0 Å². The number of amides is 2. The molecule has 30 heavy (non-hydrogen) atoms. The van der Waals surface area contributed by atoms with Crippen molar-refractivity contribution in [2.24, 2.45) is 0 Å². The van der Waals surface area contributed by atoms with Gasteiger partial charge in [-0.3, -0.25) is 0 Å². The van der Waals surface area contributed by atoms with Crippen molar-refractivity contribution in [1.82, 2.24) is 19.8 Å². The van der Waals surface area contributed by atoms with E-state index in [1.165, 1.54) is 0 Å². The molecule has 2 aliphatic heterocycles. The van der Waals surface area contributed by atoms with Gasteiger partial charge in [0.1, 0.15) is 17.5 Å². The van der Waals surface area contributed by atoms with E-state index in [9.17, 15) is 4.79 Å². The van der Waals surface area contributed by atoms with Crippen LogP contribution in [0.1, 0.15) is 11.4 Å². The zero-order chi connectivity index (χ0) is 21.1. The van der Waals surface area contributed by atoms with Crippen molar-refractivity contribution in [2.75, 3.05) is 74.5 Å². The predicted molar refractivity (Wildman–Crippen MR) is 120 cm³/mol. The summed E-state index contributed by atoms with van der Waals surface area (Å²) >= 11 is 0. The highest BCUT2D eigenvalue weighted by Crippen LogP contribution is 2.22. The second kappa shape index (κ2) is 8.87. The van der Waals surface area contributed by atoms with Gasteiger partial charge in [-0.1, -0.05) is 12.1 Å². The molecule has 8 nitrogen and oxygen atoms in total. The molecule has 2 aliphatic rings. The van der Waals surface area contributed by atoms with Crippen LogP contribution in [-0.4, -0.2) is 85.2 Å². The third kappa shape index (κ3) is 4.81. The highest BCUT2D eigenvalue weighted by molar-refractivity contribution is 5.89. The fourth-order valence-corrected chi connectivity index (χ4v) is 3.96. The molecular weight excluding hydrogens is 378 g/mol. The summed E-state index contributed by atoms with van der Waals surface area (Å²) in [7, 11) is 2.16. The number of likely N-dealkylation sites (N-methyl/N-ethyl adjacent to an activating group) is 1. The zero-order valence-electron chi connectivity index (χ0n) is 18.1. The number of carbonyl (C=O) groups excluding carboxylic acids is 1. The van der Waals surface area contributed by atoms with Gasteiger partial charge in [-0.25, -0.2) is 14.8 Å². The van der Waals surface area contributed by atoms with E-state index >= 15 is 0 Å². The number of rotatable bonds is 3. The SMILES string of the molecule is Cc1cccc(NC(=O)N2CCN(c3cc(N4CCN(C)CC4)nc(C)n3)CC2)c1. The molecule has 160 valence electrons. The molecule has 3 heterocycles. The Kier molecular flexibility index (Phi) is 6.03. The number of benzene rings is 1. The lowest BCUT2D eigenvalue weighted by Crippen LogP contribution is -2.50. The van der Waals surface area contributed by atoms with Crippen molar-refractivity contribution in [3.05, 3.63) is 41.7 Å². The lowest BCUT2D eigenvalue weighted by atomic mass is 10.2. The molecule has 8 heteroatoms. The van der Waals surface area contributed by atoms with Crippen LogP contribution in [0.4, 0.5) is 22.1 Å². The molecule has 0 atom stereocenters. The first-order valence-corrected chi connectivity index (χ1v) is 10.6. The largest absolute Gasteiger partial charge is 0.354 e. The van der Waals surface area contributed by atoms with Crippen LogP contribution in [0.25, 0.3) is 0 Å². The number of nitrogens with one attached hydrogen (secondary N) is 1. The maximum atomic E-state index is 12.6. The molecule has 0 radical (unpaired) electrons. The van der Waals surface area contributed by atoms with Crippen LogP contribution < -0.4 is 15.1 Å². The van der Waals surface area contributed by atoms with Crippen LogP contribution in [0.5, 0.6) is 0 Å². The Bertz CT molecular complexity index is 887. The number of aromatic nitrogens is 2. The maximum absolute atomic E-state index is 12.6. The molecule has 0 spiro atoms. The van der Waals surface area contributed by atoms with Crippen molar-refractivity contribution in [3.8, 4) is 0 Å². The summed E-state index contributed by atoms with van der Waals surface area (Å²) in [6.07, 6.45) is 0. The number of hydrogen-bond acceptors (Lipinski definition) is 6. The summed E-state index contributed by atoms with van der Waals surface area (Å²) in [6.45, 7) is 10.9. The summed E-state index contributed by atoms with van der Waals surface area (Å²) in [5.41, 5.74) is 1.97. The van der Waals surface area contributed by atoms with Gasteiger partial charge in [0.15, 0.2) is 0 Å². The molecule has 4 rings (SSSR count). The van der Waals surface area contributed by atoms with Crippen LogP contribution in [0.3, 0.4) is 0 Å². The van der Waals surface area contributed by atoms with E-state index < -0.39 is 0 Å². The first-order chi connectivity index (χ1) is 14.5. The van der Waals surface area contributed by atoms with E-state index in [2.05, 4.69) is 43.1 Å². The van der Waals surface area contributed by atoms with Gasteiger partial charge >= 0.3 is 6.03 Å². The van der Waals surface area contributed by atoms with Gasteiger partial charge in [-0.05, 0) is 38.6 Å². The number of aryl methyl sites for hydroxylation is 2. The van der Waals surface area contributed by atoms with Gasteiger partial charge < -0.3 is 24.9 Å². The standard InChI is InChI=1S/C22H31N7O/c1-17-5-4-6-19(15-17)25-22(30)29-13-11-28(12-14-29)21-16-20(23-18(2)24-21)27-9-7-26(3)8-10-27/h4-6,15-16H,7-14H2,1-3H3,(H,25,30). The number of piperazine rings is 2. The van der Waals surface area contributed by atoms with Crippen molar-refractivity contribution in [3.63, 3.8) is 0 Å². The van der Waals surface area contributed by atoms with Gasteiger partial charge in [0, 0.05) is 64.1 Å². The van der Waals surface area contributed by atoms with Crippen LogP contribution in [0.2, 0.25) is 0 Å². The molecule has 2 fully saturated rings. The van der Waals surface area contributed by atoms with Crippen molar-refractivity contribution >= 4 is 23.4 Å². The lowest BCUT2D eigenvalue weighted by molar-refractivity contribution is 0.208. The Morgan fingerprint density at radius 3 is 2.07 bits per heavy atom. The first-order valence-electron chi connectivity index (χ1n) is 10.6. The number of nitrogens with zero attached hydrogens (tertiary/aromatic N) is 6. The summed E-state index contributed by atoms with van der Waals surface area (Å²) in [5, 5.41) is 3.00. The van der Waals surface area contributed by atoms with E-state index in [1.807, 2.05) is 43.0 Å². The monoisotopic (exact) mass is 409 g/mol. The number of hydrogen-bond donors (Lipinski definition) is 1. The average molecular weight is 410 g/mol. The first kappa shape index (κ1) is 20.4. The molecule has 1 aromatic carbocycles. The normalized spacial score (nSPS) is 17.9. The number of urea groups is 1. The lowest BCUT2D eigenvalue weighted by Gasteiger charge is -2.36. The van der Waals surface area contributed by atoms with Crippen LogP contribution in [0, 0.1) is 13.8 Å². The third-order valence-electron chi connectivity index (χ3n) is 5.80. The second-order valence-electron chi connectivity index (χ2n) is 8.20. The Hall–Kier alpha value is -2.87. The quantitative estimate of drug-likeness (QED) is 0.838. The van der Waals surface area contributed by atoms with E-state index in [1.54, 1.807) is 0 Å². The minimum atomic E-state index is -0.0442. The predicted octanol–water partition coefficient (Wildman–Crippen LogP) is 2.20. The smallest absolute Gasteiger partial charge is 0.321 e. The molecule has 2 aromatic rings.